The monoisotopic (exact) mass is 467 g/mol. The second kappa shape index (κ2) is 7.52. The first-order valence-corrected chi connectivity index (χ1v) is 11.5. The molecular weight excluding hydrogens is 446 g/mol. The molecule has 2 aromatic heterocycles. The van der Waals surface area contributed by atoms with Crippen LogP contribution in [0.25, 0.3) is 11.1 Å². The lowest BCUT2D eigenvalue weighted by Crippen LogP contribution is -2.62. The summed E-state index contributed by atoms with van der Waals surface area (Å²) in [4.78, 5) is 8.68. The molecular formula is C22H21F4N3S2. The summed E-state index contributed by atoms with van der Waals surface area (Å²) in [6.45, 7) is 3.07. The Bertz CT molecular complexity index is 1090. The molecule has 2 aliphatic rings. The van der Waals surface area contributed by atoms with Crippen LogP contribution in [-0.4, -0.2) is 26.7 Å². The van der Waals surface area contributed by atoms with Gasteiger partial charge in [-0.3, -0.25) is 4.98 Å². The normalized spacial score (nSPS) is 26.1. The van der Waals surface area contributed by atoms with Crippen molar-refractivity contribution in [2.24, 2.45) is 10.7 Å². The van der Waals surface area contributed by atoms with Crippen LogP contribution in [0.1, 0.15) is 50.0 Å². The fourth-order valence-corrected chi connectivity index (χ4v) is 6.64. The quantitative estimate of drug-likeness (QED) is 0.433. The first-order valence-electron chi connectivity index (χ1n) is 9.79. The van der Waals surface area contributed by atoms with Crippen molar-refractivity contribution in [3.05, 3.63) is 40.3 Å². The Morgan fingerprint density at radius 1 is 1.03 bits per heavy atom. The molecule has 1 aliphatic heterocycles. The van der Waals surface area contributed by atoms with Crippen molar-refractivity contribution < 1.29 is 17.6 Å². The zero-order chi connectivity index (χ0) is 22.5. The van der Waals surface area contributed by atoms with Crippen LogP contribution in [0.2, 0.25) is 0 Å². The molecule has 0 saturated heterocycles. The zero-order valence-electron chi connectivity index (χ0n) is 17.0. The standard InChI is InChI=1S/C22H21F4N3S2/c1-3-4-14-9-15(12-28-11-14)16-10-17(30-13-16)19(2)22(25,26)20(31-18(27)29-19)5-7-21(23,24)8-6-20/h9-13H,5-8H2,1-2H3,(H2,27,29). The van der Waals surface area contributed by atoms with Crippen molar-refractivity contribution in [2.75, 3.05) is 0 Å². The first-order chi connectivity index (χ1) is 14.5. The topological polar surface area (TPSA) is 51.3 Å². The first kappa shape index (κ1) is 22.2. The Morgan fingerprint density at radius 2 is 1.74 bits per heavy atom. The van der Waals surface area contributed by atoms with Gasteiger partial charge in [-0.05, 0) is 49.8 Å². The van der Waals surface area contributed by atoms with E-state index in [2.05, 4.69) is 21.8 Å². The Morgan fingerprint density at radius 3 is 2.42 bits per heavy atom. The van der Waals surface area contributed by atoms with Crippen molar-refractivity contribution in [2.45, 2.75) is 61.7 Å². The van der Waals surface area contributed by atoms with Crippen LogP contribution in [0.5, 0.6) is 0 Å². The van der Waals surface area contributed by atoms with E-state index in [1.807, 2.05) is 6.07 Å². The highest BCUT2D eigenvalue weighted by atomic mass is 32.2. The molecule has 3 nitrogen and oxygen atoms in total. The maximum Gasteiger partial charge on any atom is 0.292 e. The summed E-state index contributed by atoms with van der Waals surface area (Å²) >= 11 is 1.91. The number of hydrogen-bond acceptors (Lipinski definition) is 5. The number of halogens is 4. The molecule has 1 unspecified atom stereocenters. The minimum atomic E-state index is -3.36. The van der Waals surface area contributed by atoms with Crippen molar-refractivity contribution in [3.63, 3.8) is 0 Å². The number of nitrogens with zero attached hydrogens (tertiary/aromatic N) is 2. The van der Waals surface area contributed by atoms with E-state index in [4.69, 9.17) is 5.73 Å². The molecule has 1 aliphatic carbocycles. The maximum absolute atomic E-state index is 16.0. The van der Waals surface area contributed by atoms with Crippen LogP contribution in [0.4, 0.5) is 17.6 Å². The molecule has 2 N–H and O–H groups in total. The van der Waals surface area contributed by atoms with Gasteiger partial charge in [0, 0.05) is 41.2 Å². The fourth-order valence-electron chi connectivity index (χ4n) is 4.22. The summed E-state index contributed by atoms with van der Waals surface area (Å²) in [7, 11) is 0. The van der Waals surface area contributed by atoms with Gasteiger partial charge in [-0.15, -0.1) is 17.3 Å². The van der Waals surface area contributed by atoms with Crippen LogP contribution in [0.3, 0.4) is 0 Å². The summed E-state index contributed by atoms with van der Waals surface area (Å²) in [6, 6.07) is 3.51. The number of pyridine rings is 1. The van der Waals surface area contributed by atoms with Gasteiger partial charge in [0.2, 0.25) is 5.92 Å². The molecule has 1 fully saturated rings. The number of amidine groups is 1. The van der Waals surface area contributed by atoms with E-state index in [9.17, 15) is 8.78 Å². The van der Waals surface area contributed by atoms with Crippen LogP contribution < -0.4 is 5.73 Å². The minimum Gasteiger partial charge on any atom is -0.378 e. The summed E-state index contributed by atoms with van der Waals surface area (Å²) in [6.07, 6.45) is 1.49. The van der Waals surface area contributed by atoms with Crippen molar-refractivity contribution in [3.8, 4) is 23.0 Å². The largest absolute Gasteiger partial charge is 0.378 e. The van der Waals surface area contributed by atoms with Gasteiger partial charge in [0.1, 0.15) is 0 Å². The van der Waals surface area contributed by atoms with E-state index in [0.717, 1.165) is 39.8 Å². The van der Waals surface area contributed by atoms with E-state index in [1.165, 1.54) is 6.92 Å². The second-order valence-corrected chi connectivity index (χ2v) is 10.4. The van der Waals surface area contributed by atoms with Crippen LogP contribution >= 0.6 is 23.1 Å². The molecule has 3 heterocycles. The van der Waals surface area contributed by atoms with Gasteiger partial charge in [-0.25, -0.2) is 22.6 Å². The number of hydrogen-bond donors (Lipinski definition) is 1. The van der Waals surface area contributed by atoms with Gasteiger partial charge in [-0.2, -0.15) is 0 Å². The lowest BCUT2D eigenvalue weighted by atomic mass is 9.74. The molecule has 9 heteroatoms. The van der Waals surface area contributed by atoms with Gasteiger partial charge in [0.15, 0.2) is 10.7 Å². The summed E-state index contributed by atoms with van der Waals surface area (Å²) in [5.74, 6) is -0.547. The predicted molar refractivity (Wildman–Crippen MR) is 118 cm³/mol. The molecule has 0 aromatic carbocycles. The van der Waals surface area contributed by atoms with Gasteiger partial charge in [0.05, 0.1) is 4.75 Å². The maximum atomic E-state index is 16.0. The van der Waals surface area contributed by atoms with Crippen LogP contribution in [-0.2, 0) is 5.54 Å². The SMILES string of the molecule is CC#Cc1cncc(-c2csc(C3(C)N=C(N)SC4(CCC(F)(F)CC4)C3(F)F)c2)c1. The average molecular weight is 468 g/mol. The van der Waals surface area contributed by atoms with Gasteiger partial charge in [0.25, 0.3) is 5.92 Å². The molecule has 4 rings (SSSR count). The lowest BCUT2D eigenvalue weighted by Gasteiger charge is -2.52. The molecule has 0 amide bonds. The number of thioether (sulfide) groups is 1. The zero-order valence-corrected chi connectivity index (χ0v) is 18.6. The van der Waals surface area contributed by atoms with Crippen molar-refractivity contribution in [1.29, 1.82) is 0 Å². The van der Waals surface area contributed by atoms with Crippen LogP contribution in [0.15, 0.2) is 34.9 Å². The number of nitrogens with two attached hydrogens (primary N) is 1. The van der Waals surface area contributed by atoms with Gasteiger partial charge >= 0.3 is 0 Å². The third-order valence-electron chi connectivity index (χ3n) is 6.03. The lowest BCUT2D eigenvalue weighted by molar-refractivity contribution is -0.136. The third-order valence-corrected chi connectivity index (χ3v) is 8.52. The van der Waals surface area contributed by atoms with E-state index in [0.29, 0.717) is 4.88 Å². The van der Waals surface area contributed by atoms with Gasteiger partial charge in [-0.1, -0.05) is 17.7 Å². The van der Waals surface area contributed by atoms with Crippen LogP contribution in [0, 0.1) is 11.8 Å². The number of thiophene rings is 1. The molecule has 0 radical (unpaired) electrons. The Balaban J connectivity index is 1.74. The molecule has 1 saturated carbocycles. The second-order valence-electron chi connectivity index (χ2n) is 8.09. The average Bonchev–Trinajstić information content (AvgIpc) is 3.20. The molecule has 31 heavy (non-hydrogen) atoms. The molecule has 164 valence electrons. The molecule has 2 aromatic rings. The summed E-state index contributed by atoms with van der Waals surface area (Å²) in [5, 5.41) is 1.78. The van der Waals surface area contributed by atoms with E-state index >= 15 is 8.78 Å². The summed E-state index contributed by atoms with van der Waals surface area (Å²) < 4.78 is 57.9. The Kier molecular flexibility index (Phi) is 5.38. The highest BCUT2D eigenvalue weighted by molar-refractivity contribution is 8.15. The van der Waals surface area contributed by atoms with Crippen molar-refractivity contribution >= 4 is 28.3 Å². The smallest absolute Gasteiger partial charge is 0.292 e. The number of rotatable bonds is 2. The van der Waals surface area contributed by atoms with E-state index < -0.39 is 35.0 Å². The predicted octanol–water partition coefficient (Wildman–Crippen LogP) is 6.04. The minimum absolute atomic E-state index is 0.00970. The molecule has 1 spiro atoms. The van der Waals surface area contributed by atoms with Crippen molar-refractivity contribution in [1.82, 2.24) is 4.98 Å². The number of aromatic nitrogens is 1. The number of aliphatic imine (C=N–C) groups is 1. The third kappa shape index (κ3) is 3.64. The Labute approximate surface area is 186 Å². The number of alkyl halides is 4. The fraction of sp³-hybridized carbons (Fsp3) is 0.455. The molecule has 0 bridgehead atoms. The molecule has 1 atom stereocenters. The van der Waals surface area contributed by atoms with E-state index in [-0.39, 0.29) is 18.0 Å². The van der Waals surface area contributed by atoms with E-state index in [1.54, 1.807) is 30.8 Å². The van der Waals surface area contributed by atoms with Gasteiger partial charge < -0.3 is 5.73 Å². The highest BCUT2D eigenvalue weighted by Crippen LogP contribution is 2.62. The summed E-state index contributed by atoms with van der Waals surface area (Å²) in [5.41, 5.74) is 6.25. The Hall–Kier alpha value is -2.05. The highest BCUT2D eigenvalue weighted by Gasteiger charge is 2.69.